The molecule has 1 aliphatic rings. The van der Waals surface area contributed by atoms with Crippen LogP contribution in [-0.4, -0.2) is 24.4 Å². The lowest BCUT2D eigenvalue weighted by Crippen LogP contribution is -2.21. The quantitative estimate of drug-likeness (QED) is 0.757. The number of nitrogens with zero attached hydrogens (tertiary/aromatic N) is 1. The minimum absolute atomic E-state index is 0.113. The van der Waals surface area contributed by atoms with Crippen molar-refractivity contribution in [3.63, 3.8) is 0 Å². The summed E-state index contributed by atoms with van der Waals surface area (Å²) < 4.78 is 0. The molecule has 0 fully saturated rings. The average molecular weight is 229 g/mol. The van der Waals surface area contributed by atoms with E-state index in [9.17, 15) is 4.79 Å². The van der Waals surface area contributed by atoms with E-state index in [1.807, 2.05) is 30.3 Å². The van der Waals surface area contributed by atoms with E-state index in [4.69, 9.17) is 5.73 Å². The number of nitrogens with one attached hydrogen (secondary N) is 1. The van der Waals surface area contributed by atoms with Crippen molar-refractivity contribution in [3.8, 4) is 0 Å². The van der Waals surface area contributed by atoms with Crippen LogP contribution in [0, 0.1) is 0 Å². The van der Waals surface area contributed by atoms with E-state index < -0.39 is 0 Å². The number of nitrogens with two attached hydrogens (primary N) is 1. The molecule has 1 aromatic rings. The van der Waals surface area contributed by atoms with Crippen LogP contribution in [0.2, 0.25) is 0 Å². The first-order valence-electron chi connectivity index (χ1n) is 5.40. The van der Waals surface area contributed by atoms with Crippen LogP contribution in [0.25, 0.3) is 0 Å². The zero-order chi connectivity index (χ0) is 12.3. The Bertz CT molecular complexity index is 474. The van der Waals surface area contributed by atoms with Gasteiger partial charge < -0.3 is 16.0 Å². The molecule has 1 amide bonds. The summed E-state index contributed by atoms with van der Waals surface area (Å²) in [5, 5.41) is 2.82. The molecule has 17 heavy (non-hydrogen) atoms. The minimum Gasteiger partial charge on any atom is -0.399 e. The maximum Gasteiger partial charge on any atom is 0.257 e. The van der Waals surface area contributed by atoms with Gasteiger partial charge in [-0.3, -0.25) is 4.79 Å². The zero-order valence-electron chi connectivity index (χ0n) is 9.68. The van der Waals surface area contributed by atoms with Gasteiger partial charge in [0.05, 0.1) is 5.57 Å². The Balaban J connectivity index is 2.07. The third-order valence-electron chi connectivity index (χ3n) is 2.48. The smallest absolute Gasteiger partial charge is 0.257 e. The van der Waals surface area contributed by atoms with E-state index in [1.54, 1.807) is 24.3 Å². The number of hydrogen-bond donors (Lipinski definition) is 2. The first-order valence-corrected chi connectivity index (χ1v) is 5.40. The molecule has 1 aliphatic heterocycles. The molecule has 0 aliphatic carbocycles. The molecule has 0 saturated heterocycles. The van der Waals surface area contributed by atoms with Crippen molar-refractivity contribution in [1.82, 2.24) is 4.90 Å². The molecule has 0 saturated carbocycles. The van der Waals surface area contributed by atoms with Gasteiger partial charge >= 0.3 is 0 Å². The Morgan fingerprint density at radius 1 is 1.35 bits per heavy atom. The molecule has 4 heteroatoms. The molecule has 0 bridgehead atoms. The van der Waals surface area contributed by atoms with Gasteiger partial charge in [0, 0.05) is 31.2 Å². The lowest BCUT2D eigenvalue weighted by atomic mass is 10.2. The number of anilines is 2. The molecule has 0 atom stereocenters. The van der Waals surface area contributed by atoms with Gasteiger partial charge in [0.2, 0.25) is 0 Å². The second-order valence-electron chi connectivity index (χ2n) is 4.00. The van der Waals surface area contributed by atoms with Crippen molar-refractivity contribution in [2.45, 2.75) is 0 Å². The lowest BCUT2D eigenvalue weighted by molar-refractivity contribution is -0.112. The van der Waals surface area contributed by atoms with Crippen molar-refractivity contribution >= 4 is 17.3 Å². The number of carbonyl (C=O) groups excluding carboxylic acids is 1. The Morgan fingerprint density at radius 2 is 2.06 bits per heavy atom. The minimum atomic E-state index is -0.113. The molecule has 3 N–H and O–H groups in total. The summed E-state index contributed by atoms with van der Waals surface area (Å²) in [5.41, 5.74) is 7.65. The van der Waals surface area contributed by atoms with Crippen molar-refractivity contribution in [3.05, 3.63) is 48.2 Å². The first-order chi connectivity index (χ1) is 8.15. The van der Waals surface area contributed by atoms with Gasteiger partial charge in [-0.2, -0.15) is 0 Å². The second kappa shape index (κ2) is 4.74. The van der Waals surface area contributed by atoms with Crippen LogP contribution in [0.4, 0.5) is 11.4 Å². The molecule has 0 radical (unpaired) electrons. The average Bonchev–Trinajstić information content (AvgIpc) is 2.32. The number of likely N-dealkylation sites (N-methyl/N-ethyl adjacent to an activating group) is 1. The summed E-state index contributed by atoms with van der Waals surface area (Å²) in [6.07, 6.45) is 5.61. The van der Waals surface area contributed by atoms with Crippen molar-refractivity contribution in [2.75, 3.05) is 24.6 Å². The van der Waals surface area contributed by atoms with Crippen LogP contribution >= 0.6 is 0 Å². The molecular formula is C13H15N3O. The Labute approximate surface area is 100 Å². The highest BCUT2D eigenvalue weighted by molar-refractivity contribution is 6.05. The monoisotopic (exact) mass is 229 g/mol. The van der Waals surface area contributed by atoms with Gasteiger partial charge in [-0.25, -0.2) is 0 Å². The van der Waals surface area contributed by atoms with Crippen LogP contribution in [-0.2, 0) is 4.79 Å². The van der Waals surface area contributed by atoms with E-state index >= 15 is 0 Å². The topological polar surface area (TPSA) is 58.4 Å². The van der Waals surface area contributed by atoms with E-state index in [0.717, 1.165) is 12.2 Å². The van der Waals surface area contributed by atoms with Crippen LogP contribution in [0.3, 0.4) is 0 Å². The van der Waals surface area contributed by atoms with Gasteiger partial charge in [-0.15, -0.1) is 0 Å². The Hall–Kier alpha value is -2.23. The summed E-state index contributed by atoms with van der Waals surface area (Å²) in [4.78, 5) is 13.9. The van der Waals surface area contributed by atoms with E-state index in [-0.39, 0.29) is 5.91 Å². The number of nitrogen functional groups attached to an aromatic ring is 1. The highest BCUT2D eigenvalue weighted by atomic mass is 16.1. The SMILES string of the molecule is CN1C=C(C(=O)Nc2ccc(N)cc2)C=CC1. The standard InChI is InChI=1S/C13H15N3O/c1-16-8-2-3-10(9-16)13(17)15-12-6-4-11(14)5-7-12/h2-7,9H,8,14H2,1H3,(H,15,17). The van der Waals surface area contributed by atoms with E-state index in [2.05, 4.69) is 5.32 Å². The molecule has 1 aromatic carbocycles. The number of amides is 1. The third-order valence-corrected chi connectivity index (χ3v) is 2.48. The highest BCUT2D eigenvalue weighted by Gasteiger charge is 2.10. The normalized spacial score (nSPS) is 14.4. The molecule has 88 valence electrons. The molecular weight excluding hydrogens is 214 g/mol. The maximum atomic E-state index is 11.9. The number of rotatable bonds is 2. The molecule has 0 spiro atoms. The second-order valence-corrected chi connectivity index (χ2v) is 4.00. The zero-order valence-corrected chi connectivity index (χ0v) is 9.68. The number of carbonyl (C=O) groups is 1. The fourth-order valence-electron chi connectivity index (χ4n) is 1.58. The molecule has 0 unspecified atom stereocenters. The Kier molecular flexibility index (Phi) is 3.14. The molecule has 1 heterocycles. The summed E-state index contributed by atoms with van der Waals surface area (Å²) in [5.74, 6) is -0.113. The van der Waals surface area contributed by atoms with Crippen LogP contribution in [0.15, 0.2) is 48.2 Å². The van der Waals surface area contributed by atoms with Gasteiger partial charge in [-0.1, -0.05) is 12.2 Å². The lowest BCUT2D eigenvalue weighted by Gasteiger charge is -2.17. The fourth-order valence-corrected chi connectivity index (χ4v) is 1.58. The van der Waals surface area contributed by atoms with E-state index in [1.165, 1.54) is 0 Å². The summed E-state index contributed by atoms with van der Waals surface area (Å²) in [6.45, 7) is 0.832. The van der Waals surface area contributed by atoms with Gasteiger partial charge in [0.25, 0.3) is 5.91 Å². The maximum absolute atomic E-state index is 11.9. The predicted octanol–water partition coefficient (Wildman–Crippen LogP) is 1.59. The van der Waals surface area contributed by atoms with Crippen LogP contribution in [0.5, 0.6) is 0 Å². The van der Waals surface area contributed by atoms with Crippen LogP contribution in [0.1, 0.15) is 0 Å². The number of benzene rings is 1. The molecule has 4 nitrogen and oxygen atoms in total. The predicted molar refractivity (Wildman–Crippen MR) is 69.3 cm³/mol. The van der Waals surface area contributed by atoms with E-state index in [0.29, 0.717) is 11.3 Å². The van der Waals surface area contributed by atoms with Gasteiger partial charge in [-0.05, 0) is 24.3 Å². The highest BCUT2D eigenvalue weighted by Crippen LogP contribution is 2.13. The van der Waals surface area contributed by atoms with Crippen molar-refractivity contribution in [2.24, 2.45) is 0 Å². The summed E-state index contributed by atoms with van der Waals surface area (Å²) in [6, 6.07) is 7.08. The molecule has 2 rings (SSSR count). The largest absolute Gasteiger partial charge is 0.399 e. The Morgan fingerprint density at radius 3 is 2.71 bits per heavy atom. The number of hydrogen-bond acceptors (Lipinski definition) is 3. The van der Waals surface area contributed by atoms with Gasteiger partial charge in [0.1, 0.15) is 0 Å². The van der Waals surface area contributed by atoms with Gasteiger partial charge in [0.15, 0.2) is 0 Å². The fraction of sp³-hybridized carbons (Fsp3) is 0.154. The summed E-state index contributed by atoms with van der Waals surface area (Å²) >= 11 is 0. The third kappa shape index (κ3) is 2.87. The van der Waals surface area contributed by atoms with Crippen LogP contribution < -0.4 is 11.1 Å². The summed E-state index contributed by atoms with van der Waals surface area (Å²) in [7, 11) is 1.93. The first kappa shape index (κ1) is 11.3. The van der Waals surface area contributed by atoms with Crippen molar-refractivity contribution in [1.29, 1.82) is 0 Å². The molecule has 0 aromatic heterocycles. The van der Waals surface area contributed by atoms with Crippen molar-refractivity contribution < 1.29 is 4.79 Å².